The Morgan fingerprint density at radius 3 is 2.39 bits per heavy atom. The van der Waals surface area contributed by atoms with E-state index in [2.05, 4.69) is 47.7 Å². The number of fused-ring (bicyclic) bond motifs is 1. The topological polar surface area (TPSA) is 49.4 Å². The maximum atomic E-state index is 12.4. The van der Waals surface area contributed by atoms with Crippen LogP contribution >= 0.6 is 0 Å². The highest BCUT2D eigenvalue weighted by Gasteiger charge is 2.15. The van der Waals surface area contributed by atoms with Gasteiger partial charge in [0.25, 0.3) is 0 Å². The van der Waals surface area contributed by atoms with E-state index in [-0.39, 0.29) is 0 Å². The third kappa shape index (κ3) is 5.66. The largest absolute Gasteiger partial charge is 0.299 e. The van der Waals surface area contributed by atoms with Crippen LogP contribution in [0.2, 0.25) is 0 Å². The summed E-state index contributed by atoms with van der Waals surface area (Å²) in [4.78, 5) is 2.85. The highest BCUT2D eigenvalue weighted by molar-refractivity contribution is 7.89. The minimum atomic E-state index is -3.40. The lowest BCUT2D eigenvalue weighted by atomic mass is 10.00. The first-order valence-electron chi connectivity index (χ1n) is 10.3. The van der Waals surface area contributed by atoms with E-state index in [0.29, 0.717) is 17.4 Å². The fraction of sp³-hybridized carbons (Fsp3) is 0.478. The Labute approximate surface area is 170 Å². The van der Waals surface area contributed by atoms with Crippen LogP contribution in [-0.2, 0) is 23.0 Å². The molecule has 1 aliphatic heterocycles. The van der Waals surface area contributed by atoms with E-state index in [1.54, 1.807) is 12.1 Å². The van der Waals surface area contributed by atoms with Gasteiger partial charge in [0.2, 0.25) is 10.0 Å². The third-order valence-electron chi connectivity index (χ3n) is 5.51. The Morgan fingerprint density at radius 2 is 1.68 bits per heavy atom. The summed E-state index contributed by atoms with van der Waals surface area (Å²) in [5.74, 6) is 0.401. The van der Waals surface area contributed by atoms with Crippen molar-refractivity contribution in [3.8, 4) is 0 Å². The zero-order valence-corrected chi connectivity index (χ0v) is 17.8. The Balaban J connectivity index is 1.35. The SMILES string of the molecule is CC(C)c1ccc(S(=O)(=O)NCCCCCN2CCc3ccccc3C2)cc1. The summed E-state index contributed by atoms with van der Waals surface area (Å²) in [5.41, 5.74) is 4.08. The van der Waals surface area contributed by atoms with Crippen LogP contribution in [0.1, 0.15) is 55.7 Å². The van der Waals surface area contributed by atoms with Gasteiger partial charge in [0, 0.05) is 19.6 Å². The Hall–Kier alpha value is -1.69. The monoisotopic (exact) mass is 400 g/mol. The smallest absolute Gasteiger partial charge is 0.240 e. The quantitative estimate of drug-likeness (QED) is 0.638. The molecule has 0 aromatic heterocycles. The summed E-state index contributed by atoms with van der Waals surface area (Å²) < 4.78 is 27.5. The molecule has 28 heavy (non-hydrogen) atoms. The van der Waals surface area contributed by atoms with Crippen molar-refractivity contribution in [2.45, 2.75) is 56.9 Å². The van der Waals surface area contributed by atoms with Crippen LogP contribution < -0.4 is 4.72 Å². The minimum Gasteiger partial charge on any atom is -0.299 e. The van der Waals surface area contributed by atoms with Gasteiger partial charge in [-0.1, -0.05) is 56.7 Å². The van der Waals surface area contributed by atoms with Crippen LogP contribution in [0.5, 0.6) is 0 Å². The average Bonchev–Trinajstić information content (AvgIpc) is 2.70. The molecule has 0 spiro atoms. The summed E-state index contributed by atoms with van der Waals surface area (Å²) in [6.07, 6.45) is 4.14. The molecule has 2 aromatic carbocycles. The lowest BCUT2D eigenvalue weighted by Crippen LogP contribution is -2.31. The van der Waals surface area contributed by atoms with E-state index >= 15 is 0 Å². The molecule has 5 heteroatoms. The van der Waals surface area contributed by atoms with Crippen molar-refractivity contribution < 1.29 is 8.42 Å². The highest BCUT2D eigenvalue weighted by atomic mass is 32.2. The molecule has 0 unspecified atom stereocenters. The molecule has 0 atom stereocenters. The first-order chi connectivity index (χ1) is 13.5. The second kappa shape index (κ2) is 9.68. The molecule has 0 radical (unpaired) electrons. The first kappa shape index (κ1) is 21.0. The van der Waals surface area contributed by atoms with Gasteiger partial charge >= 0.3 is 0 Å². The molecule has 1 N–H and O–H groups in total. The van der Waals surface area contributed by atoms with Crippen molar-refractivity contribution in [3.63, 3.8) is 0 Å². The first-order valence-corrected chi connectivity index (χ1v) is 11.8. The van der Waals surface area contributed by atoms with Crippen LogP contribution in [0.4, 0.5) is 0 Å². The van der Waals surface area contributed by atoms with Gasteiger partial charge in [-0.3, -0.25) is 4.90 Å². The van der Waals surface area contributed by atoms with E-state index in [0.717, 1.165) is 50.9 Å². The number of benzene rings is 2. The van der Waals surface area contributed by atoms with Crippen LogP contribution in [0, 0.1) is 0 Å². The number of unbranched alkanes of at least 4 members (excludes halogenated alkanes) is 2. The molecule has 3 rings (SSSR count). The molecule has 0 aliphatic carbocycles. The van der Waals surface area contributed by atoms with E-state index in [9.17, 15) is 8.42 Å². The molecular weight excluding hydrogens is 368 g/mol. The summed E-state index contributed by atoms with van der Waals surface area (Å²) in [6.45, 7) is 7.94. The van der Waals surface area contributed by atoms with Crippen LogP contribution in [0.15, 0.2) is 53.4 Å². The van der Waals surface area contributed by atoms with Gasteiger partial charge < -0.3 is 0 Å². The zero-order valence-electron chi connectivity index (χ0n) is 17.0. The number of hydrogen-bond acceptors (Lipinski definition) is 3. The average molecular weight is 401 g/mol. The van der Waals surface area contributed by atoms with Gasteiger partial charge in [-0.15, -0.1) is 0 Å². The molecular formula is C23H32N2O2S. The molecule has 4 nitrogen and oxygen atoms in total. The van der Waals surface area contributed by atoms with Crippen molar-refractivity contribution in [1.29, 1.82) is 0 Å². The fourth-order valence-electron chi connectivity index (χ4n) is 3.70. The Morgan fingerprint density at radius 1 is 0.964 bits per heavy atom. The predicted octanol–water partition coefficient (Wildman–Crippen LogP) is 4.32. The van der Waals surface area contributed by atoms with Crippen LogP contribution in [0.25, 0.3) is 0 Å². The van der Waals surface area contributed by atoms with Gasteiger partial charge in [-0.05, 0) is 60.5 Å². The number of hydrogen-bond donors (Lipinski definition) is 1. The van der Waals surface area contributed by atoms with E-state index in [4.69, 9.17) is 0 Å². The number of nitrogens with zero attached hydrogens (tertiary/aromatic N) is 1. The molecule has 0 saturated heterocycles. The van der Waals surface area contributed by atoms with Gasteiger partial charge in [0.05, 0.1) is 4.90 Å². The predicted molar refractivity (Wildman–Crippen MR) is 115 cm³/mol. The van der Waals surface area contributed by atoms with E-state index in [1.807, 2.05) is 12.1 Å². The van der Waals surface area contributed by atoms with Crippen molar-refractivity contribution in [3.05, 3.63) is 65.2 Å². The molecule has 1 heterocycles. The van der Waals surface area contributed by atoms with Crippen molar-refractivity contribution in [2.24, 2.45) is 0 Å². The molecule has 0 amide bonds. The molecule has 152 valence electrons. The minimum absolute atomic E-state index is 0.351. The maximum absolute atomic E-state index is 12.4. The molecule has 1 aliphatic rings. The summed E-state index contributed by atoms with van der Waals surface area (Å²) in [5, 5.41) is 0. The maximum Gasteiger partial charge on any atom is 0.240 e. The summed E-state index contributed by atoms with van der Waals surface area (Å²) in [7, 11) is -3.40. The number of rotatable bonds is 9. The molecule has 0 fully saturated rings. The van der Waals surface area contributed by atoms with Crippen molar-refractivity contribution in [2.75, 3.05) is 19.6 Å². The third-order valence-corrected chi connectivity index (χ3v) is 6.99. The van der Waals surface area contributed by atoms with Gasteiger partial charge in [-0.25, -0.2) is 13.1 Å². The van der Waals surface area contributed by atoms with E-state index in [1.165, 1.54) is 11.1 Å². The molecule has 0 bridgehead atoms. The van der Waals surface area contributed by atoms with Crippen molar-refractivity contribution in [1.82, 2.24) is 9.62 Å². The lowest BCUT2D eigenvalue weighted by Gasteiger charge is -2.28. The van der Waals surface area contributed by atoms with Crippen LogP contribution in [0.3, 0.4) is 0 Å². The zero-order chi connectivity index (χ0) is 20.0. The normalized spacial score (nSPS) is 15.0. The Kier molecular flexibility index (Phi) is 7.27. The van der Waals surface area contributed by atoms with Gasteiger partial charge in [-0.2, -0.15) is 0 Å². The van der Waals surface area contributed by atoms with Crippen molar-refractivity contribution >= 4 is 10.0 Å². The molecule has 0 saturated carbocycles. The second-order valence-electron chi connectivity index (χ2n) is 7.98. The van der Waals surface area contributed by atoms with E-state index < -0.39 is 10.0 Å². The van der Waals surface area contributed by atoms with Crippen LogP contribution in [-0.4, -0.2) is 33.0 Å². The molecule has 2 aromatic rings. The second-order valence-corrected chi connectivity index (χ2v) is 9.74. The lowest BCUT2D eigenvalue weighted by molar-refractivity contribution is 0.248. The van der Waals surface area contributed by atoms with Gasteiger partial charge in [0.15, 0.2) is 0 Å². The summed E-state index contributed by atoms with van der Waals surface area (Å²) in [6, 6.07) is 15.9. The fourth-order valence-corrected chi connectivity index (χ4v) is 4.78. The Bertz CT molecular complexity index is 860. The summed E-state index contributed by atoms with van der Waals surface area (Å²) >= 11 is 0. The highest BCUT2D eigenvalue weighted by Crippen LogP contribution is 2.19. The van der Waals surface area contributed by atoms with Gasteiger partial charge in [0.1, 0.15) is 0 Å². The number of sulfonamides is 1. The number of nitrogens with one attached hydrogen (secondary N) is 1. The standard InChI is InChI=1S/C23H32N2O2S/c1-19(2)20-10-12-23(13-11-20)28(26,27)24-15-6-3-7-16-25-17-14-21-8-4-5-9-22(21)18-25/h4-5,8-13,19,24H,3,6-7,14-18H2,1-2H3.